The maximum absolute atomic E-state index is 14.0. The molecule has 0 aliphatic carbocycles. The molecule has 0 radical (unpaired) electrons. The molecule has 10 heteroatoms. The second-order valence-corrected chi connectivity index (χ2v) is 7.37. The molecule has 0 bridgehead atoms. The Hall–Kier alpha value is -2.49. The first kappa shape index (κ1) is 20.8. The van der Waals surface area contributed by atoms with Gasteiger partial charge in [0.25, 0.3) is 0 Å². The summed E-state index contributed by atoms with van der Waals surface area (Å²) in [5, 5.41) is 17.9. The van der Waals surface area contributed by atoms with Gasteiger partial charge in [0.15, 0.2) is 16.7 Å². The van der Waals surface area contributed by atoms with E-state index in [0.29, 0.717) is 12.3 Å². The van der Waals surface area contributed by atoms with Crippen LogP contribution in [0.2, 0.25) is 0 Å². The van der Waals surface area contributed by atoms with Crippen LogP contribution in [0.3, 0.4) is 0 Å². The van der Waals surface area contributed by atoms with E-state index in [-0.39, 0.29) is 29.5 Å². The average Bonchev–Trinajstić information content (AvgIpc) is 2.88. The Morgan fingerprint density at radius 1 is 1.44 bits per heavy atom. The van der Waals surface area contributed by atoms with E-state index in [0.717, 1.165) is 30.1 Å². The number of nitrogens with one attached hydrogen (secondary N) is 1. The molecule has 1 saturated heterocycles. The lowest BCUT2D eigenvalue weighted by molar-refractivity contribution is -0.138. The number of rotatable bonds is 8. The number of carbonyl (C=O) groups excluding carboxylic acids is 1. The Labute approximate surface area is 158 Å². The van der Waals surface area contributed by atoms with Crippen molar-refractivity contribution in [1.29, 1.82) is 0 Å². The Morgan fingerprint density at radius 3 is 2.85 bits per heavy atom. The summed E-state index contributed by atoms with van der Waals surface area (Å²) in [5.74, 6) is -3.00. The van der Waals surface area contributed by atoms with Crippen LogP contribution in [0.25, 0.3) is 0 Å². The van der Waals surface area contributed by atoms with Gasteiger partial charge in [-0.15, -0.1) is 5.10 Å². The first-order valence-electron chi connectivity index (χ1n) is 8.18. The molecule has 1 atom stereocenters. The molecule has 1 heterocycles. The van der Waals surface area contributed by atoms with E-state index in [2.05, 4.69) is 15.5 Å². The normalized spacial score (nSPS) is 18.5. The van der Waals surface area contributed by atoms with Crippen LogP contribution in [0.15, 0.2) is 22.3 Å². The maximum Gasteiger partial charge on any atom is 0.305 e. The number of carboxylic acid groups (broad SMARTS) is 1. The fraction of sp³-hybridized carbons (Fsp3) is 0.412. The predicted molar refractivity (Wildman–Crippen MR) is 98.1 cm³/mol. The van der Waals surface area contributed by atoms with Crippen LogP contribution in [-0.2, 0) is 9.59 Å². The second kappa shape index (κ2) is 9.45. The van der Waals surface area contributed by atoms with Crippen molar-refractivity contribution < 1.29 is 28.2 Å². The van der Waals surface area contributed by atoms with Gasteiger partial charge >= 0.3 is 5.97 Å². The maximum atomic E-state index is 14.0. The SMILES string of the molecule is CC(C)CCOc1c(F)cc(F)cc1C=NN=C1NC(=O)C(CC(=O)O)S1. The highest BCUT2D eigenvalue weighted by molar-refractivity contribution is 8.15. The highest BCUT2D eigenvalue weighted by Crippen LogP contribution is 2.25. The molecular weight excluding hydrogens is 380 g/mol. The van der Waals surface area contributed by atoms with E-state index < -0.39 is 28.8 Å². The van der Waals surface area contributed by atoms with E-state index in [4.69, 9.17) is 9.84 Å². The number of amides is 1. The number of carboxylic acids is 1. The smallest absolute Gasteiger partial charge is 0.305 e. The first-order valence-corrected chi connectivity index (χ1v) is 9.06. The van der Waals surface area contributed by atoms with Crippen molar-refractivity contribution in [3.8, 4) is 5.75 Å². The van der Waals surface area contributed by atoms with Crippen molar-refractivity contribution in [1.82, 2.24) is 5.32 Å². The zero-order valence-electron chi connectivity index (χ0n) is 14.7. The molecule has 1 fully saturated rings. The quantitative estimate of drug-likeness (QED) is 0.517. The number of benzene rings is 1. The molecule has 0 aromatic heterocycles. The fourth-order valence-corrected chi connectivity index (χ4v) is 3.03. The van der Waals surface area contributed by atoms with E-state index >= 15 is 0 Å². The van der Waals surface area contributed by atoms with Crippen LogP contribution in [0.1, 0.15) is 32.3 Å². The third kappa shape index (κ3) is 6.31. The van der Waals surface area contributed by atoms with Crippen LogP contribution in [-0.4, -0.2) is 40.2 Å². The zero-order chi connectivity index (χ0) is 20.0. The number of nitrogens with zero attached hydrogens (tertiary/aromatic N) is 2. The van der Waals surface area contributed by atoms with Gasteiger partial charge in [-0.3, -0.25) is 9.59 Å². The third-order valence-electron chi connectivity index (χ3n) is 3.46. The summed E-state index contributed by atoms with van der Waals surface area (Å²) >= 11 is 0.925. The molecule has 1 amide bonds. The summed E-state index contributed by atoms with van der Waals surface area (Å²) in [4.78, 5) is 22.3. The largest absolute Gasteiger partial charge is 0.490 e. The summed E-state index contributed by atoms with van der Waals surface area (Å²) < 4.78 is 32.9. The van der Waals surface area contributed by atoms with Crippen LogP contribution >= 0.6 is 11.8 Å². The van der Waals surface area contributed by atoms with E-state index in [1.165, 1.54) is 0 Å². The topological polar surface area (TPSA) is 100 Å². The summed E-state index contributed by atoms with van der Waals surface area (Å²) in [7, 11) is 0. The molecule has 146 valence electrons. The monoisotopic (exact) mass is 399 g/mol. The lowest BCUT2D eigenvalue weighted by atomic mass is 10.1. The Bertz CT molecular complexity index is 784. The standard InChI is InChI=1S/C17H19F2N3O4S/c1-9(2)3-4-26-15-10(5-11(18)6-12(15)19)8-20-22-17-21-16(25)13(27-17)7-14(23)24/h5-6,8-9,13H,3-4,7H2,1-2H3,(H,23,24)(H,21,22,25). The van der Waals surface area contributed by atoms with E-state index in [1.807, 2.05) is 13.8 Å². The van der Waals surface area contributed by atoms with Gasteiger partial charge in [-0.2, -0.15) is 5.10 Å². The van der Waals surface area contributed by atoms with Crippen molar-refractivity contribution >= 4 is 35.0 Å². The number of ether oxygens (including phenoxy) is 1. The molecule has 1 aliphatic rings. The van der Waals surface area contributed by atoms with Gasteiger partial charge < -0.3 is 15.2 Å². The minimum absolute atomic E-state index is 0.0667. The number of aliphatic carboxylic acids is 1. The van der Waals surface area contributed by atoms with Gasteiger partial charge in [0.2, 0.25) is 5.91 Å². The Kier molecular flexibility index (Phi) is 7.28. The second-order valence-electron chi connectivity index (χ2n) is 6.18. The number of amidine groups is 1. The molecule has 1 aromatic carbocycles. The number of hydrogen-bond acceptors (Lipinski definition) is 6. The van der Waals surface area contributed by atoms with Crippen LogP contribution in [0.5, 0.6) is 5.75 Å². The Morgan fingerprint density at radius 2 is 2.19 bits per heavy atom. The highest BCUT2D eigenvalue weighted by Gasteiger charge is 2.32. The van der Waals surface area contributed by atoms with Crippen molar-refractivity contribution in [2.75, 3.05) is 6.61 Å². The van der Waals surface area contributed by atoms with Gasteiger partial charge in [0.1, 0.15) is 11.1 Å². The van der Waals surface area contributed by atoms with Crippen LogP contribution in [0.4, 0.5) is 8.78 Å². The number of carbonyl (C=O) groups is 2. The molecule has 7 nitrogen and oxygen atoms in total. The summed E-state index contributed by atoms with van der Waals surface area (Å²) in [6.45, 7) is 4.25. The van der Waals surface area contributed by atoms with Gasteiger partial charge in [-0.05, 0) is 18.4 Å². The van der Waals surface area contributed by atoms with E-state index in [9.17, 15) is 18.4 Å². The minimum Gasteiger partial charge on any atom is -0.490 e. The van der Waals surface area contributed by atoms with Crippen molar-refractivity contribution in [3.63, 3.8) is 0 Å². The van der Waals surface area contributed by atoms with Crippen LogP contribution < -0.4 is 10.1 Å². The molecule has 0 spiro atoms. The molecule has 1 aromatic rings. The highest BCUT2D eigenvalue weighted by atomic mass is 32.2. The van der Waals surface area contributed by atoms with Gasteiger partial charge in [0.05, 0.1) is 19.2 Å². The Balaban J connectivity index is 2.11. The van der Waals surface area contributed by atoms with Gasteiger partial charge in [-0.25, -0.2) is 8.78 Å². The first-order chi connectivity index (χ1) is 12.8. The fourth-order valence-electron chi connectivity index (χ4n) is 2.11. The molecule has 2 rings (SSSR count). The zero-order valence-corrected chi connectivity index (χ0v) is 15.6. The summed E-state index contributed by atoms with van der Waals surface area (Å²) in [6, 6.07) is 1.78. The summed E-state index contributed by atoms with van der Waals surface area (Å²) in [5.41, 5.74) is 0.0667. The number of hydrogen-bond donors (Lipinski definition) is 2. The molecule has 27 heavy (non-hydrogen) atoms. The van der Waals surface area contributed by atoms with Crippen molar-refractivity contribution in [2.45, 2.75) is 31.9 Å². The molecule has 0 saturated carbocycles. The van der Waals surface area contributed by atoms with Crippen molar-refractivity contribution in [2.24, 2.45) is 16.1 Å². The van der Waals surface area contributed by atoms with Crippen LogP contribution in [0, 0.1) is 17.6 Å². The summed E-state index contributed by atoms with van der Waals surface area (Å²) in [6.07, 6.45) is 1.46. The van der Waals surface area contributed by atoms with Gasteiger partial charge in [-0.1, -0.05) is 25.6 Å². The van der Waals surface area contributed by atoms with Gasteiger partial charge in [0, 0.05) is 11.6 Å². The number of halogens is 2. The lowest BCUT2D eigenvalue weighted by Gasteiger charge is -2.11. The molecule has 1 aliphatic heterocycles. The minimum atomic E-state index is -1.11. The average molecular weight is 399 g/mol. The van der Waals surface area contributed by atoms with E-state index in [1.54, 1.807) is 0 Å². The van der Waals surface area contributed by atoms with Crippen molar-refractivity contribution in [3.05, 3.63) is 29.3 Å². The third-order valence-corrected chi connectivity index (χ3v) is 4.53. The lowest BCUT2D eigenvalue weighted by Crippen LogP contribution is -2.26. The predicted octanol–water partition coefficient (Wildman–Crippen LogP) is 2.79. The molecular formula is C17H19F2N3O4S. The molecule has 1 unspecified atom stereocenters. The number of thioether (sulfide) groups is 1. The molecule has 2 N–H and O–H groups in total.